The highest BCUT2D eigenvalue weighted by molar-refractivity contribution is 9.10. The average molecular weight is 303 g/mol. The van der Waals surface area contributed by atoms with Crippen molar-refractivity contribution < 1.29 is 5.11 Å². The molecule has 0 amide bonds. The van der Waals surface area contributed by atoms with Gasteiger partial charge in [0.25, 0.3) is 0 Å². The van der Waals surface area contributed by atoms with Gasteiger partial charge in [-0.05, 0) is 29.3 Å². The predicted octanol–water partition coefficient (Wildman–Crippen LogP) is 1.88. The van der Waals surface area contributed by atoms with Crippen molar-refractivity contribution in [3.8, 4) is 0 Å². The minimum atomic E-state index is 0.118. The van der Waals surface area contributed by atoms with Gasteiger partial charge >= 0.3 is 0 Å². The van der Waals surface area contributed by atoms with E-state index in [9.17, 15) is 0 Å². The van der Waals surface area contributed by atoms with Crippen molar-refractivity contribution in [2.75, 3.05) is 36.5 Å². The zero-order valence-corrected chi connectivity index (χ0v) is 11.9. The number of rotatable bonds is 7. The van der Waals surface area contributed by atoms with Gasteiger partial charge < -0.3 is 15.3 Å². The van der Waals surface area contributed by atoms with Crippen LogP contribution in [0.4, 0.5) is 11.8 Å². The monoisotopic (exact) mass is 302 g/mol. The Bertz CT molecular complexity index is 342. The lowest BCUT2D eigenvalue weighted by Gasteiger charge is -2.23. The first-order chi connectivity index (χ1) is 8.22. The maximum absolute atomic E-state index is 9.07. The molecule has 5 nitrogen and oxygen atoms in total. The first-order valence-corrected chi connectivity index (χ1v) is 6.64. The van der Waals surface area contributed by atoms with Crippen LogP contribution in [0.1, 0.15) is 20.3 Å². The third-order valence-corrected chi connectivity index (χ3v) is 2.78. The average Bonchev–Trinajstić information content (AvgIpc) is 2.32. The van der Waals surface area contributed by atoms with Gasteiger partial charge in [-0.15, -0.1) is 0 Å². The Labute approximate surface area is 110 Å². The van der Waals surface area contributed by atoms with E-state index in [2.05, 4.69) is 38.1 Å². The Hall–Kier alpha value is -0.880. The summed E-state index contributed by atoms with van der Waals surface area (Å²) in [6.07, 6.45) is 2.74. The number of hydrogen-bond donors (Lipinski definition) is 2. The standard InChI is InChI=1S/C11H19BrN4O/c1-3-5-16(6-7-17)10-9(12)8-14-11(15-10)13-4-2/h8,17H,3-7H2,1-2H3,(H,13,14,15). The Morgan fingerprint density at radius 2 is 2.18 bits per heavy atom. The quantitative estimate of drug-likeness (QED) is 0.805. The number of nitrogens with one attached hydrogen (secondary N) is 1. The van der Waals surface area contributed by atoms with E-state index in [1.165, 1.54) is 0 Å². The van der Waals surface area contributed by atoms with Crippen molar-refractivity contribution in [2.24, 2.45) is 0 Å². The van der Waals surface area contributed by atoms with Crippen molar-refractivity contribution >= 4 is 27.7 Å². The molecule has 0 saturated heterocycles. The molecule has 0 aliphatic rings. The number of halogens is 1. The molecule has 6 heteroatoms. The largest absolute Gasteiger partial charge is 0.395 e. The van der Waals surface area contributed by atoms with Crippen LogP contribution in [0, 0.1) is 0 Å². The number of hydrogen-bond acceptors (Lipinski definition) is 5. The van der Waals surface area contributed by atoms with Crippen molar-refractivity contribution in [1.82, 2.24) is 9.97 Å². The van der Waals surface area contributed by atoms with Gasteiger partial charge in [-0.2, -0.15) is 4.98 Å². The van der Waals surface area contributed by atoms with E-state index in [1.807, 2.05) is 11.8 Å². The van der Waals surface area contributed by atoms with E-state index in [0.717, 1.165) is 29.8 Å². The number of nitrogens with zero attached hydrogens (tertiary/aromatic N) is 3. The Balaban J connectivity index is 2.94. The van der Waals surface area contributed by atoms with Crippen LogP contribution in [0.25, 0.3) is 0 Å². The molecule has 0 bridgehead atoms. The Morgan fingerprint density at radius 3 is 2.76 bits per heavy atom. The second kappa shape index (κ2) is 7.45. The predicted molar refractivity (Wildman–Crippen MR) is 73.5 cm³/mol. The van der Waals surface area contributed by atoms with Crippen LogP contribution in [-0.2, 0) is 0 Å². The summed E-state index contributed by atoms with van der Waals surface area (Å²) in [7, 11) is 0. The third-order valence-electron chi connectivity index (χ3n) is 2.22. The van der Waals surface area contributed by atoms with Crippen molar-refractivity contribution in [1.29, 1.82) is 0 Å². The highest BCUT2D eigenvalue weighted by Gasteiger charge is 2.12. The lowest BCUT2D eigenvalue weighted by atomic mass is 10.4. The lowest BCUT2D eigenvalue weighted by molar-refractivity contribution is 0.301. The van der Waals surface area contributed by atoms with Crippen molar-refractivity contribution in [3.63, 3.8) is 0 Å². The topological polar surface area (TPSA) is 61.3 Å². The van der Waals surface area contributed by atoms with E-state index < -0.39 is 0 Å². The molecule has 1 heterocycles. The summed E-state index contributed by atoms with van der Waals surface area (Å²) in [4.78, 5) is 10.7. The fourth-order valence-corrected chi connectivity index (χ4v) is 1.98. The number of aromatic nitrogens is 2. The van der Waals surface area contributed by atoms with Crippen molar-refractivity contribution in [2.45, 2.75) is 20.3 Å². The molecule has 0 fully saturated rings. The van der Waals surface area contributed by atoms with Gasteiger partial charge in [0.05, 0.1) is 11.1 Å². The Kier molecular flexibility index (Phi) is 6.21. The van der Waals surface area contributed by atoms with Gasteiger partial charge in [0.1, 0.15) is 5.82 Å². The minimum absolute atomic E-state index is 0.118. The first kappa shape index (κ1) is 14.2. The highest BCUT2D eigenvalue weighted by Crippen LogP contribution is 2.24. The summed E-state index contributed by atoms with van der Waals surface area (Å²) in [6.45, 7) is 6.45. The van der Waals surface area contributed by atoms with Crippen LogP contribution in [0.5, 0.6) is 0 Å². The molecule has 0 atom stereocenters. The summed E-state index contributed by atoms with van der Waals surface area (Å²) in [6, 6.07) is 0. The van der Waals surface area contributed by atoms with Gasteiger partial charge in [0.2, 0.25) is 5.95 Å². The molecule has 1 rings (SSSR count). The van der Waals surface area contributed by atoms with Crippen LogP contribution in [-0.4, -0.2) is 41.3 Å². The van der Waals surface area contributed by atoms with E-state index in [4.69, 9.17) is 5.11 Å². The zero-order valence-electron chi connectivity index (χ0n) is 10.3. The molecule has 17 heavy (non-hydrogen) atoms. The molecule has 2 N–H and O–H groups in total. The lowest BCUT2D eigenvalue weighted by Crippen LogP contribution is -2.29. The zero-order chi connectivity index (χ0) is 12.7. The summed E-state index contributed by atoms with van der Waals surface area (Å²) < 4.78 is 0.848. The molecule has 1 aromatic rings. The molecule has 0 saturated carbocycles. The summed E-state index contributed by atoms with van der Waals surface area (Å²) >= 11 is 3.45. The van der Waals surface area contributed by atoms with Crippen LogP contribution in [0.3, 0.4) is 0 Å². The first-order valence-electron chi connectivity index (χ1n) is 5.85. The van der Waals surface area contributed by atoms with Crippen LogP contribution in [0.2, 0.25) is 0 Å². The van der Waals surface area contributed by atoms with E-state index >= 15 is 0 Å². The van der Waals surface area contributed by atoms with Gasteiger partial charge in [0.15, 0.2) is 0 Å². The maximum atomic E-state index is 9.07. The number of aliphatic hydroxyl groups is 1. The van der Waals surface area contributed by atoms with Gasteiger partial charge in [-0.1, -0.05) is 6.92 Å². The summed E-state index contributed by atoms with van der Waals surface area (Å²) in [5.74, 6) is 1.44. The van der Waals surface area contributed by atoms with Gasteiger partial charge in [0, 0.05) is 25.8 Å². The molecular weight excluding hydrogens is 284 g/mol. The SMILES string of the molecule is CCCN(CCO)c1nc(NCC)ncc1Br. The Morgan fingerprint density at radius 1 is 1.41 bits per heavy atom. The smallest absolute Gasteiger partial charge is 0.224 e. The number of aliphatic hydroxyl groups excluding tert-OH is 1. The molecule has 0 aromatic carbocycles. The fourth-order valence-electron chi connectivity index (χ4n) is 1.54. The van der Waals surface area contributed by atoms with Crippen molar-refractivity contribution in [3.05, 3.63) is 10.7 Å². The highest BCUT2D eigenvalue weighted by atomic mass is 79.9. The van der Waals surface area contributed by atoms with E-state index in [1.54, 1.807) is 6.20 Å². The molecule has 0 radical (unpaired) electrons. The molecule has 0 unspecified atom stereocenters. The van der Waals surface area contributed by atoms with E-state index in [0.29, 0.717) is 12.5 Å². The van der Waals surface area contributed by atoms with Gasteiger partial charge in [-0.25, -0.2) is 4.98 Å². The second-order valence-corrected chi connectivity index (χ2v) is 4.46. The van der Waals surface area contributed by atoms with Crippen LogP contribution < -0.4 is 10.2 Å². The normalized spacial score (nSPS) is 10.4. The fraction of sp³-hybridized carbons (Fsp3) is 0.636. The molecule has 0 spiro atoms. The van der Waals surface area contributed by atoms with E-state index in [-0.39, 0.29) is 6.61 Å². The van der Waals surface area contributed by atoms with Crippen LogP contribution in [0.15, 0.2) is 10.7 Å². The molecule has 96 valence electrons. The van der Waals surface area contributed by atoms with Gasteiger partial charge in [-0.3, -0.25) is 0 Å². The summed E-state index contributed by atoms with van der Waals surface area (Å²) in [5.41, 5.74) is 0. The molecule has 0 aliphatic carbocycles. The maximum Gasteiger partial charge on any atom is 0.224 e. The summed E-state index contributed by atoms with van der Waals surface area (Å²) in [5, 5.41) is 12.2. The van der Waals surface area contributed by atoms with Crippen LogP contribution >= 0.6 is 15.9 Å². The second-order valence-electron chi connectivity index (χ2n) is 3.61. The minimum Gasteiger partial charge on any atom is -0.395 e. The molecule has 1 aromatic heterocycles. The molecule has 0 aliphatic heterocycles. The molecular formula is C11H19BrN4O. The number of anilines is 2. The third kappa shape index (κ3) is 4.12.